The highest BCUT2D eigenvalue weighted by molar-refractivity contribution is 7.98. The van der Waals surface area contributed by atoms with Crippen molar-refractivity contribution in [1.29, 1.82) is 0 Å². The van der Waals surface area contributed by atoms with Gasteiger partial charge in [-0.15, -0.1) is 10.2 Å². The van der Waals surface area contributed by atoms with Gasteiger partial charge in [0.1, 0.15) is 5.82 Å². The molecule has 0 radical (unpaired) electrons. The second kappa shape index (κ2) is 10.5. The molecule has 176 valence electrons. The van der Waals surface area contributed by atoms with Gasteiger partial charge in [0.2, 0.25) is 10.0 Å². The lowest BCUT2D eigenvalue weighted by atomic mass is 10.2. The highest BCUT2D eigenvalue weighted by Gasteiger charge is 2.26. The minimum atomic E-state index is -3.95. The van der Waals surface area contributed by atoms with Gasteiger partial charge in [0.05, 0.1) is 21.6 Å². The van der Waals surface area contributed by atoms with Crippen LogP contribution in [0, 0.1) is 5.82 Å². The highest BCUT2D eigenvalue weighted by atomic mass is 35.5. The molecule has 1 heterocycles. The summed E-state index contributed by atoms with van der Waals surface area (Å²) in [5.74, 6) is 0.417. The third-order valence-corrected chi connectivity index (χ3v) is 7.97. The fourth-order valence-corrected chi connectivity index (χ4v) is 5.71. The number of rotatable bonds is 8. The molecule has 34 heavy (non-hydrogen) atoms. The summed E-state index contributed by atoms with van der Waals surface area (Å²) >= 11 is 14.1. The Balaban J connectivity index is 1.70. The third-order valence-electron chi connectivity index (χ3n) is 4.86. The lowest BCUT2D eigenvalue weighted by Gasteiger charge is -2.17. The SMILES string of the molecule is CC(NS(=O)(=O)c1ccc(F)cc1)c1nnc(SCc2ccccc2)n1-c1cc(Cl)ccc1Cl. The molecule has 0 aliphatic heterocycles. The van der Waals surface area contributed by atoms with Crippen LogP contribution in [-0.2, 0) is 15.8 Å². The van der Waals surface area contributed by atoms with Crippen molar-refractivity contribution in [2.45, 2.75) is 28.8 Å². The summed E-state index contributed by atoms with van der Waals surface area (Å²) in [7, 11) is -3.95. The second-order valence-electron chi connectivity index (χ2n) is 7.34. The largest absolute Gasteiger partial charge is 0.271 e. The monoisotopic (exact) mass is 536 g/mol. The van der Waals surface area contributed by atoms with E-state index in [1.54, 1.807) is 29.7 Å². The van der Waals surface area contributed by atoms with Crippen molar-refractivity contribution in [1.82, 2.24) is 19.5 Å². The molecule has 3 aromatic carbocycles. The van der Waals surface area contributed by atoms with E-state index in [0.29, 0.717) is 32.5 Å². The van der Waals surface area contributed by atoms with Gasteiger partial charge in [0.25, 0.3) is 0 Å². The number of nitrogens with zero attached hydrogens (tertiary/aromatic N) is 3. The maximum Gasteiger partial charge on any atom is 0.241 e. The van der Waals surface area contributed by atoms with Gasteiger partial charge in [0, 0.05) is 10.8 Å². The summed E-state index contributed by atoms with van der Waals surface area (Å²) < 4.78 is 43.3. The van der Waals surface area contributed by atoms with Crippen LogP contribution in [0.2, 0.25) is 10.0 Å². The van der Waals surface area contributed by atoms with Gasteiger partial charge in [-0.3, -0.25) is 4.57 Å². The van der Waals surface area contributed by atoms with Crippen LogP contribution >= 0.6 is 35.0 Å². The van der Waals surface area contributed by atoms with Gasteiger partial charge in [-0.05, 0) is 55.0 Å². The third kappa shape index (κ3) is 5.61. The Kier molecular flexibility index (Phi) is 7.59. The van der Waals surface area contributed by atoms with E-state index >= 15 is 0 Å². The predicted molar refractivity (Wildman–Crippen MR) is 133 cm³/mol. The summed E-state index contributed by atoms with van der Waals surface area (Å²) in [5.41, 5.74) is 1.61. The molecule has 0 amide bonds. The van der Waals surface area contributed by atoms with Crippen molar-refractivity contribution in [3.05, 3.63) is 100 Å². The first-order valence-electron chi connectivity index (χ1n) is 10.1. The van der Waals surface area contributed by atoms with E-state index in [4.69, 9.17) is 23.2 Å². The van der Waals surface area contributed by atoms with Crippen LogP contribution in [-0.4, -0.2) is 23.2 Å². The predicted octanol–water partition coefficient (Wildman–Crippen LogP) is 6.05. The van der Waals surface area contributed by atoms with Crippen molar-refractivity contribution in [2.24, 2.45) is 0 Å². The van der Waals surface area contributed by atoms with Crippen LogP contribution < -0.4 is 4.72 Å². The molecule has 0 aliphatic rings. The molecule has 0 spiro atoms. The van der Waals surface area contributed by atoms with E-state index in [1.165, 1.54) is 23.9 Å². The zero-order chi connectivity index (χ0) is 24.3. The number of aromatic nitrogens is 3. The van der Waals surface area contributed by atoms with E-state index in [-0.39, 0.29) is 4.90 Å². The Morgan fingerprint density at radius 3 is 2.44 bits per heavy atom. The molecule has 1 unspecified atom stereocenters. The average molecular weight is 537 g/mol. The Morgan fingerprint density at radius 2 is 1.74 bits per heavy atom. The minimum Gasteiger partial charge on any atom is -0.271 e. The molecule has 0 saturated carbocycles. The number of thioether (sulfide) groups is 1. The van der Waals surface area contributed by atoms with Crippen LogP contribution in [0.4, 0.5) is 4.39 Å². The van der Waals surface area contributed by atoms with E-state index in [9.17, 15) is 12.8 Å². The standard InChI is InChI=1S/C23H19Cl2FN4O2S2/c1-15(29-34(31,32)19-10-8-18(26)9-11-19)22-27-28-23(33-14-16-5-3-2-4-6-16)30(22)21-13-17(24)7-12-20(21)25/h2-13,15,29H,14H2,1H3. The molecular weight excluding hydrogens is 518 g/mol. The summed E-state index contributed by atoms with van der Waals surface area (Å²) in [6.07, 6.45) is 0. The van der Waals surface area contributed by atoms with E-state index in [0.717, 1.165) is 17.7 Å². The van der Waals surface area contributed by atoms with E-state index in [2.05, 4.69) is 14.9 Å². The van der Waals surface area contributed by atoms with Gasteiger partial charge >= 0.3 is 0 Å². The maximum absolute atomic E-state index is 13.2. The van der Waals surface area contributed by atoms with Crippen LogP contribution in [0.1, 0.15) is 24.4 Å². The van der Waals surface area contributed by atoms with Gasteiger partial charge in [-0.2, -0.15) is 0 Å². The normalized spacial score (nSPS) is 12.6. The number of benzene rings is 3. The van der Waals surface area contributed by atoms with Crippen molar-refractivity contribution in [3.63, 3.8) is 0 Å². The lowest BCUT2D eigenvalue weighted by molar-refractivity contribution is 0.555. The molecule has 0 fully saturated rings. The van der Waals surface area contributed by atoms with Crippen molar-refractivity contribution >= 4 is 45.0 Å². The zero-order valence-electron chi connectivity index (χ0n) is 17.8. The van der Waals surface area contributed by atoms with Crippen LogP contribution in [0.3, 0.4) is 0 Å². The molecule has 4 aromatic rings. The number of hydrogen-bond acceptors (Lipinski definition) is 5. The molecule has 4 rings (SSSR count). The van der Waals surface area contributed by atoms with E-state index < -0.39 is 21.9 Å². The minimum absolute atomic E-state index is 0.0636. The summed E-state index contributed by atoms with van der Waals surface area (Å²) in [4.78, 5) is -0.0636. The summed E-state index contributed by atoms with van der Waals surface area (Å²) in [6.45, 7) is 1.64. The van der Waals surface area contributed by atoms with Crippen LogP contribution in [0.15, 0.2) is 82.8 Å². The van der Waals surface area contributed by atoms with Crippen LogP contribution in [0.25, 0.3) is 5.69 Å². The first-order chi connectivity index (χ1) is 16.2. The molecule has 0 saturated heterocycles. The maximum atomic E-state index is 13.2. The first kappa shape index (κ1) is 24.7. The number of sulfonamides is 1. The summed E-state index contributed by atoms with van der Waals surface area (Å²) in [5, 5.41) is 9.96. The number of nitrogens with one attached hydrogen (secondary N) is 1. The smallest absolute Gasteiger partial charge is 0.241 e. The Bertz CT molecular complexity index is 1400. The van der Waals surface area contributed by atoms with Crippen molar-refractivity contribution in [3.8, 4) is 5.69 Å². The van der Waals surface area contributed by atoms with Gasteiger partial charge in [-0.1, -0.05) is 65.3 Å². The number of hydrogen-bond donors (Lipinski definition) is 1. The Morgan fingerprint density at radius 1 is 1.03 bits per heavy atom. The molecule has 1 N–H and O–H groups in total. The zero-order valence-corrected chi connectivity index (χ0v) is 21.0. The lowest BCUT2D eigenvalue weighted by Crippen LogP contribution is -2.29. The molecule has 0 aliphatic carbocycles. The van der Waals surface area contributed by atoms with Crippen molar-refractivity contribution in [2.75, 3.05) is 0 Å². The Labute approximate surface area is 211 Å². The van der Waals surface area contributed by atoms with Gasteiger partial charge < -0.3 is 0 Å². The quantitative estimate of drug-likeness (QED) is 0.277. The van der Waals surface area contributed by atoms with Gasteiger partial charge in [-0.25, -0.2) is 17.5 Å². The highest BCUT2D eigenvalue weighted by Crippen LogP contribution is 2.32. The van der Waals surface area contributed by atoms with Crippen molar-refractivity contribution < 1.29 is 12.8 Å². The first-order valence-corrected chi connectivity index (χ1v) is 13.3. The van der Waals surface area contributed by atoms with Gasteiger partial charge in [0.15, 0.2) is 11.0 Å². The number of halogens is 3. The second-order valence-corrected chi connectivity index (χ2v) is 10.8. The molecular formula is C23H19Cl2FN4O2S2. The fourth-order valence-electron chi connectivity index (χ4n) is 3.23. The summed E-state index contributed by atoms with van der Waals surface area (Å²) in [6, 6.07) is 18.6. The molecule has 0 bridgehead atoms. The van der Waals surface area contributed by atoms with E-state index in [1.807, 2.05) is 30.3 Å². The fraction of sp³-hybridized carbons (Fsp3) is 0.130. The molecule has 1 aromatic heterocycles. The molecule has 6 nitrogen and oxygen atoms in total. The molecule has 1 atom stereocenters. The van der Waals surface area contributed by atoms with Crippen LogP contribution in [0.5, 0.6) is 0 Å². The molecule has 11 heteroatoms. The Hall–Kier alpha value is -2.43. The topological polar surface area (TPSA) is 76.9 Å². The average Bonchev–Trinajstić information content (AvgIpc) is 3.24.